The van der Waals surface area contributed by atoms with Gasteiger partial charge in [0, 0.05) is 48.6 Å². The number of hydroxylamine groups is 2. The summed E-state index contributed by atoms with van der Waals surface area (Å²) in [5.74, 6) is 0.572. The Bertz CT molecular complexity index is 2070. The van der Waals surface area contributed by atoms with Crippen LogP contribution in [0, 0.1) is 0 Å². The predicted molar refractivity (Wildman–Crippen MR) is 245 cm³/mol. The van der Waals surface area contributed by atoms with Gasteiger partial charge in [-0.05, 0) is 30.7 Å². The maximum atomic E-state index is 12.8. The highest BCUT2D eigenvalue weighted by molar-refractivity contribution is 6.09. The van der Waals surface area contributed by atoms with Gasteiger partial charge in [-0.15, -0.1) is 5.06 Å². The average molecular weight is 988 g/mol. The molecule has 4 heterocycles. The van der Waals surface area contributed by atoms with Crippen molar-refractivity contribution in [3.63, 3.8) is 0 Å². The van der Waals surface area contributed by atoms with Gasteiger partial charge in [-0.2, -0.15) is 0 Å². The molecule has 1 N–H and O–H groups in total. The van der Waals surface area contributed by atoms with Crippen molar-refractivity contribution in [2.75, 3.05) is 140 Å². The maximum absolute atomic E-state index is 12.8. The molecular formula is C48H65N3O19. The summed E-state index contributed by atoms with van der Waals surface area (Å²) in [6.07, 6.45) is 0.0106. The highest BCUT2D eigenvalue weighted by atomic mass is 16.7. The Balaban J connectivity index is 0.736. The fourth-order valence-corrected chi connectivity index (χ4v) is 7.54. The minimum atomic E-state index is -0.710. The second-order valence-corrected chi connectivity index (χ2v) is 16.1. The van der Waals surface area contributed by atoms with Crippen LogP contribution < -0.4 is 29.0 Å². The number of fused-ring (bicyclic) bond motifs is 6. The van der Waals surface area contributed by atoms with Gasteiger partial charge >= 0.3 is 5.97 Å². The Kier molecular flexibility index (Phi) is 22.2. The standard InChI is InChI=1S/C48H65N3O19/c1-32(2)37-28-35-36(68-37)6-5-33-47(46-34-27-39(56-3)40(57-4)29-38(34)66-30-41(46)69-48(33)35)50-67-31-42(52)49-10-12-59-14-16-61-18-20-63-22-24-65-26-25-64-23-21-62-19-17-60-15-13-58-11-9-45(55)70-51-43(53)7-8-44(51)54/h5-6,27,29,37,41,46H,1,7-26,28,30-31H2,2-4H3,(H,49,52)/b50-47+/t37-,41-,46?/m1/s1. The molecule has 3 atom stereocenters. The number of nitrogens with one attached hydrogen (secondary N) is 1. The van der Waals surface area contributed by atoms with Crippen LogP contribution in [-0.4, -0.2) is 186 Å². The van der Waals surface area contributed by atoms with E-state index in [-0.39, 0.29) is 70.9 Å². The molecule has 22 nitrogen and oxygen atoms in total. The highest BCUT2D eigenvalue weighted by Crippen LogP contribution is 2.50. The SMILES string of the molecule is C=C(C)[C@H]1Cc2c(ccc3c2O[C@@H]2COc4cc(OC)c(OC)cc4C2/C3=N/OCC(=O)NCCOCCOCCOCCOCCOCCOCCOCCOCCC(=O)ON2C(=O)CCC2=O)O1. The lowest BCUT2D eigenvalue weighted by Crippen LogP contribution is -2.43. The summed E-state index contributed by atoms with van der Waals surface area (Å²) >= 11 is 0. The number of carbonyl (C=O) groups excluding carboxylic acids is 4. The van der Waals surface area contributed by atoms with Crippen molar-refractivity contribution in [1.82, 2.24) is 10.4 Å². The van der Waals surface area contributed by atoms with Crippen LogP contribution in [-0.2, 0) is 73.2 Å². The molecular weight excluding hydrogens is 923 g/mol. The summed E-state index contributed by atoms with van der Waals surface area (Å²) in [6, 6.07) is 7.46. The molecule has 70 heavy (non-hydrogen) atoms. The Morgan fingerprint density at radius 1 is 0.729 bits per heavy atom. The van der Waals surface area contributed by atoms with Gasteiger partial charge in [-0.3, -0.25) is 14.4 Å². The molecule has 6 rings (SSSR count). The summed E-state index contributed by atoms with van der Waals surface area (Å²) in [6.45, 7) is 12.0. The van der Waals surface area contributed by atoms with E-state index in [2.05, 4.69) is 17.1 Å². The van der Waals surface area contributed by atoms with E-state index in [1.165, 1.54) is 0 Å². The van der Waals surface area contributed by atoms with Crippen molar-refractivity contribution in [2.24, 2.45) is 5.16 Å². The molecule has 1 saturated heterocycles. The zero-order chi connectivity index (χ0) is 49.5. The molecule has 0 spiro atoms. The maximum Gasteiger partial charge on any atom is 0.335 e. The summed E-state index contributed by atoms with van der Waals surface area (Å²) in [5.41, 5.74) is 3.97. The topological polar surface area (TPSA) is 234 Å². The second kappa shape index (κ2) is 28.9. The molecule has 0 aromatic heterocycles. The molecule has 2 aromatic carbocycles. The largest absolute Gasteiger partial charge is 0.493 e. The first-order valence-electron chi connectivity index (χ1n) is 23.4. The molecule has 3 amide bonds. The van der Waals surface area contributed by atoms with Gasteiger partial charge in [-0.25, -0.2) is 4.79 Å². The van der Waals surface area contributed by atoms with Crippen LogP contribution in [0.5, 0.6) is 28.7 Å². The summed E-state index contributed by atoms with van der Waals surface area (Å²) in [4.78, 5) is 57.9. The van der Waals surface area contributed by atoms with Crippen molar-refractivity contribution in [3.8, 4) is 28.7 Å². The molecule has 4 aliphatic rings. The van der Waals surface area contributed by atoms with Crippen LogP contribution in [0.1, 0.15) is 48.8 Å². The Labute approximate surface area is 406 Å². The lowest BCUT2D eigenvalue weighted by molar-refractivity contribution is -0.198. The van der Waals surface area contributed by atoms with Crippen molar-refractivity contribution in [1.29, 1.82) is 0 Å². The van der Waals surface area contributed by atoms with Gasteiger partial charge < -0.3 is 76.6 Å². The van der Waals surface area contributed by atoms with Gasteiger partial charge in [-0.1, -0.05) is 11.7 Å². The number of amides is 3. The average Bonchev–Trinajstić information content (AvgIpc) is 3.95. The first kappa shape index (κ1) is 53.8. The lowest BCUT2D eigenvalue weighted by atomic mass is 9.80. The predicted octanol–water partition coefficient (Wildman–Crippen LogP) is 2.49. The molecule has 2 aromatic rings. The van der Waals surface area contributed by atoms with Gasteiger partial charge in [0.05, 0.1) is 132 Å². The number of methoxy groups -OCH3 is 2. The Morgan fingerprint density at radius 3 is 1.83 bits per heavy atom. The number of nitrogens with zero attached hydrogens (tertiary/aromatic N) is 2. The molecule has 386 valence electrons. The van der Waals surface area contributed by atoms with E-state index < -0.39 is 29.8 Å². The third-order valence-electron chi connectivity index (χ3n) is 11.1. The van der Waals surface area contributed by atoms with Crippen molar-refractivity contribution in [2.45, 2.75) is 50.7 Å². The van der Waals surface area contributed by atoms with Gasteiger partial charge in [0.25, 0.3) is 17.7 Å². The summed E-state index contributed by atoms with van der Waals surface area (Å²) in [5, 5.41) is 7.88. The number of benzene rings is 2. The van der Waals surface area contributed by atoms with Crippen LogP contribution in [0.2, 0.25) is 0 Å². The molecule has 0 radical (unpaired) electrons. The zero-order valence-corrected chi connectivity index (χ0v) is 40.2. The molecule has 1 fully saturated rings. The van der Waals surface area contributed by atoms with E-state index in [0.29, 0.717) is 126 Å². The fourth-order valence-electron chi connectivity index (χ4n) is 7.54. The van der Waals surface area contributed by atoms with E-state index >= 15 is 0 Å². The normalized spacial score (nSPS) is 18.2. The molecule has 0 bridgehead atoms. The van der Waals surface area contributed by atoms with E-state index in [0.717, 1.165) is 28.0 Å². The van der Waals surface area contributed by atoms with Crippen LogP contribution in [0.25, 0.3) is 0 Å². The number of oxime groups is 1. The monoisotopic (exact) mass is 987 g/mol. The fraction of sp³-hybridized carbons (Fsp3) is 0.604. The van der Waals surface area contributed by atoms with Crippen molar-refractivity contribution in [3.05, 3.63) is 53.1 Å². The zero-order valence-electron chi connectivity index (χ0n) is 40.2. The molecule has 4 aliphatic heterocycles. The van der Waals surface area contributed by atoms with E-state index in [1.807, 2.05) is 25.1 Å². The van der Waals surface area contributed by atoms with Crippen LogP contribution in [0.15, 0.2) is 41.6 Å². The van der Waals surface area contributed by atoms with Crippen LogP contribution >= 0.6 is 0 Å². The van der Waals surface area contributed by atoms with Gasteiger partial charge in [0.1, 0.15) is 41.8 Å². The molecule has 1 unspecified atom stereocenters. The molecule has 0 saturated carbocycles. The summed E-state index contributed by atoms with van der Waals surface area (Å²) in [7, 11) is 3.14. The minimum absolute atomic E-state index is 0.0479. The first-order valence-corrected chi connectivity index (χ1v) is 23.4. The Morgan fingerprint density at radius 2 is 1.27 bits per heavy atom. The van der Waals surface area contributed by atoms with Crippen LogP contribution in [0.4, 0.5) is 0 Å². The number of ether oxygens (including phenoxy) is 13. The van der Waals surface area contributed by atoms with E-state index in [1.54, 1.807) is 20.3 Å². The number of hydrogen-bond acceptors (Lipinski definition) is 20. The quantitative estimate of drug-likeness (QED) is 0.0459. The smallest absolute Gasteiger partial charge is 0.335 e. The lowest BCUT2D eigenvalue weighted by Gasteiger charge is -2.39. The van der Waals surface area contributed by atoms with Crippen LogP contribution in [0.3, 0.4) is 0 Å². The third-order valence-corrected chi connectivity index (χ3v) is 11.1. The van der Waals surface area contributed by atoms with Crippen molar-refractivity contribution >= 4 is 29.4 Å². The molecule has 0 aliphatic carbocycles. The number of hydrogen-bond donors (Lipinski definition) is 1. The van der Waals surface area contributed by atoms with Crippen molar-refractivity contribution < 1.29 is 90.4 Å². The number of rotatable bonds is 34. The van der Waals surface area contributed by atoms with E-state index in [4.69, 9.17) is 71.3 Å². The highest BCUT2D eigenvalue weighted by Gasteiger charge is 2.45. The van der Waals surface area contributed by atoms with Gasteiger partial charge in [0.2, 0.25) is 0 Å². The second-order valence-electron chi connectivity index (χ2n) is 16.1. The first-order chi connectivity index (χ1) is 34.2. The summed E-state index contributed by atoms with van der Waals surface area (Å²) < 4.78 is 73.9. The third kappa shape index (κ3) is 16.0. The molecule has 22 heteroatoms. The number of carbonyl (C=O) groups is 4. The minimum Gasteiger partial charge on any atom is -0.493 e. The van der Waals surface area contributed by atoms with E-state index in [9.17, 15) is 19.2 Å². The van der Waals surface area contributed by atoms with Gasteiger partial charge in [0.15, 0.2) is 18.1 Å². The number of imide groups is 1. The Hall–Kier alpha value is -5.59.